The monoisotopic (exact) mass is 215 g/mol. The van der Waals surface area contributed by atoms with Crippen LogP contribution in [0.25, 0.3) is 0 Å². The van der Waals surface area contributed by atoms with Gasteiger partial charge in [0.2, 0.25) is 0 Å². The molecule has 0 radical (unpaired) electrons. The fourth-order valence-corrected chi connectivity index (χ4v) is 1.04. The molecular weight excluding hydrogens is 204 g/mol. The highest BCUT2D eigenvalue weighted by Crippen LogP contribution is 2.11. The van der Waals surface area contributed by atoms with Crippen molar-refractivity contribution in [3.8, 4) is 0 Å². The summed E-state index contributed by atoms with van der Waals surface area (Å²) in [7, 11) is 0. The van der Waals surface area contributed by atoms with Gasteiger partial charge in [0.05, 0.1) is 0 Å². The van der Waals surface area contributed by atoms with Gasteiger partial charge in [-0.25, -0.2) is 8.78 Å². The zero-order chi connectivity index (χ0) is 11.4. The van der Waals surface area contributed by atoms with Gasteiger partial charge in [-0.1, -0.05) is 6.07 Å². The third kappa shape index (κ3) is 2.99. The molecule has 15 heavy (non-hydrogen) atoms. The van der Waals surface area contributed by atoms with Gasteiger partial charge in [-0.05, 0) is 19.1 Å². The van der Waals surface area contributed by atoms with Crippen LogP contribution < -0.4 is 5.32 Å². The molecule has 0 bridgehead atoms. The Kier molecular flexibility index (Phi) is 3.74. The van der Waals surface area contributed by atoms with Crippen LogP contribution in [0.1, 0.15) is 12.5 Å². The van der Waals surface area contributed by atoms with Crippen molar-refractivity contribution in [1.29, 1.82) is 0 Å². The predicted octanol–water partition coefficient (Wildman–Crippen LogP) is 1.53. The lowest BCUT2D eigenvalue weighted by Crippen LogP contribution is -2.33. The first-order valence-electron chi connectivity index (χ1n) is 4.41. The van der Waals surface area contributed by atoms with Crippen molar-refractivity contribution in [3.05, 3.63) is 35.4 Å². The van der Waals surface area contributed by atoms with E-state index in [2.05, 4.69) is 5.32 Å². The summed E-state index contributed by atoms with van der Waals surface area (Å²) in [6.45, 7) is 1.26. The Morgan fingerprint density at radius 1 is 1.47 bits per heavy atom. The molecule has 0 fully saturated rings. The molecule has 2 N–H and O–H groups in total. The van der Waals surface area contributed by atoms with Crippen LogP contribution in [0.3, 0.4) is 0 Å². The van der Waals surface area contributed by atoms with Gasteiger partial charge in [-0.3, -0.25) is 4.79 Å². The van der Waals surface area contributed by atoms with Crippen molar-refractivity contribution in [1.82, 2.24) is 5.32 Å². The summed E-state index contributed by atoms with van der Waals surface area (Å²) in [5, 5.41) is 11.0. The van der Waals surface area contributed by atoms with Crippen molar-refractivity contribution >= 4 is 5.97 Å². The minimum absolute atomic E-state index is 0.147. The Bertz CT molecular complexity index is 348. The summed E-state index contributed by atoms with van der Waals surface area (Å²) in [4.78, 5) is 10.4. The average Bonchev–Trinajstić information content (AvgIpc) is 2.16. The van der Waals surface area contributed by atoms with Crippen LogP contribution in [0.4, 0.5) is 8.78 Å². The van der Waals surface area contributed by atoms with Crippen LogP contribution in [0, 0.1) is 11.6 Å². The fourth-order valence-electron chi connectivity index (χ4n) is 1.04. The Balaban J connectivity index is 2.69. The molecule has 1 aromatic carbocycles. The molecule has 0 saturated heterocycles. The van der Waals surface area contributed by atoms with Gasteiger partial charge < -0.3 is 10.4 Å². The zero-order valence-electron chi connectivity index (χ0n) is 8.13. The number of benzene rings is 1. The highest BCUT2D eigenvalue weighted by Gasteiger charge is 2.13. The number of rotatable bonds is 4. The highest BCUT2D eigenvalue weighted by molar-refractivity contribution is 5.72. The van der Waals surface area contributed by atoms with E-state index in [4.69, 9.17) is 5.11 Å². The molecule has 0 saturated carbocycles. The van der Waals surface area contributed by atoms with Crippen LogP contribution in [-0.4, -0.2) is 17.1 Å². The fraction of sp³-hybridized carbons (Fsp3) is 0.300. The molecule has 0 aliphatic rings. The van der Waals surface area contributed by atoms with E-state index in [1.807, 2.05) is 0 Å². The summed E-state index contributed by atoms with van der Waals surface area (Å²) in [6.07, 6.45) is 0. The van der Waals surface area contributed by atoms with E-state index < -0.39 is 23.6 Å². The normalized spacial score (nSPS) is 12.5. The lowest BCUT2D eigenvalue weighted by atomic mass is 10.2. The van der Waals surface area contributed by atoms with E-state index in [0.717, 1.165) is 12.1 Å². The summed E-state index contributed by atoms with van der Waals surface area (Å²) < 4.78 is 26.1. The molecule has 0 aliphatic carbocycles. The van der Waals surface area contributed by atoms with Crippen molar-refractivity contribution in [2.45, 2.75) is 19.5 Å². The van der Waals surface area contributed by atoms with Crippen molar-refractivity contribution in [2.75, 3.05) is 0 Å². The molecular formula is C10H11F2NO2. The molecule has 0 heterocycles. The molecule has 1 unspecified atom stereocenters. The lowest BCUT2D eigenvalue weighted by Gasteiger charge is -2.10. The van der Waals surface area contributed by atoms with Gasteiger partial charge in [0.1, 0.15) is 17.7 Å². The first-order chi connectivity index (χ1) is 7.02. The Labute approximate surface area is 85.7 Å². The summed E-state index contributed by atoms with van der Waals surface area (Å²) in [6, 6.07) is 2.68. The SMILES string of the molecule is CC(NCc1c(F)cccc1F)C(=O)O. The van der Waals surface area contributed by atoms with Gasteiger partial charge in [0.15, 0.2) is 0 Å². The Morgan fingerprint density at radius 3 is 2.47 bits per heavy atom. The van der Waals surface area contributed by atoms with E-state index in [1.165, 1.54) is 13.0 Å². The van der Waals surface area contributed by atoms with E-state index in [1.54, 1.807) is 0 Å². The smallest absolute Gasteiger partial charge is 0.320 e. The van der Waals surface area contributed by atoms with Crippen LogP contribution in [0.5, 0.6) is 0 Å². The predicted molar refractivity (Wildman–Crippen MR) is 50.3 cm³/mol. The molecule has 5 heteroatoms. The summed E-state index contributed by atoms with van der Waals surface area (Å²) in [5.74, 6) is -2.42. The zero-order valence-corrected chi connectivity index (χ0v) is 8.13. The van der Waals surface area contributed by atoms with Gasteiger partial charge in [-0.2, -0.15) is 0 Å². The molecule has 0 aliphatic heterocycles. The van der Waals surface area contributed by atoms with Crippen molar-refractivity contribution in [3.63, 3.8) is 0 Å². The second-order valence-corrected chi connectivity index (χ2v) is 3.14. The van der Waals surface area contributed by atoms with E-state index >= 15 is 0 Å². The first-order valence-corrected chi connectivity index (χ1v) is 4.41. The summed E-state index contributed by atoms with van der Waals surface area (Å²) >= 11 is 0. The maximum absolute atomic E-state index is 13.1. The van der Waals surface area contributed by atoms with Gasteiger partial charge in [0, 0.05) is 12.1 Å². The van der Waals surface area contributed by atoms with Crippen LogP contribution in [0.2, 0.25) is 0 Å². The molecule has 0 spiro atoms. The van der Waals surface area contributed by atoms with E-state index in [-0.39, 0.29) is 12.1 Å². The first kappa shape index (κ1) is 11.6. The number of carboxylic acids is 1. The number of halogens is 2. The van der Waals surface area contributed by atoms with Crippen LogP contribution >= 0.6 is 0 Å². The van der Waals surface area contributed by atoms with Crippen molar-refractivity contribution < 1.29 is 18.7 Å². The van der Waals surface area contributed by atoms with Gasteiger partial charge in [0.25, 0.3) is 0 Å². The average molecular weight is 215 g/mol. The largest absolute Gasteiger partial charge is 0.480 e. The standard InChI is InChI=1S/C10H11F2NO2/c1-6(10(14)15)13-5-7-8(11)3-2-4-9(7)12/h2-4,6,13H,5H2,1H3,(H,14,15). The third-order valence-electron chi connectivity index (χ3n) is 2.02. The number of carbonyl (C=O) groups is 1. The van der Waals surface area contributed by atoms with Crippen LogP contribution in [0.15, 0.2) is 18.2 Å². The number of aliphatic carboxylic acids is 1. The lowest BCUT2D eigenvalue weighted by molar-refractivity contribution is -0.139. The summed E-state index contributed by atoms with van der Waals surface area (Å²) in [5.41, 5.74) is -0.148. The number of hydrogen-bond donors (Lipinski definition) is 2. The molecule has 82 valence electrons. The maximum atomic E-state index is 13.1. The number of carboxylic acid groups (broad SMARTS) is 1. The second kappa shape index (κ2) is 4.84. The minimum atomic E-state index is -1.06. The maximum Gasteiger partial charge on any atom is 0.320 e. The number of nitrogens with one attached hydrogen (secondary N) is 1. The van der Waals surface area contributed by atoms with Crippen LogP contribution in [-0.2, 0) is 11.3 Å². The third-order valence-corrected chi connectivity index (χ3v) is 2.02. The van der Waals surface area contributed by atoms with E-state index in [9.17, 15) is 13.6 Å². The topological polar surface area (TPSA) is 49.3 Å². The Morgan fingerprint density at radius 2 is 2.00 bits per heavy atom. The highest BCUT2D eigenvalue weighted by atomic mass is 19.1. The Hall–Kier alpha value is -1.49. The molecule has 0 amide bonds. The molecule has 1 aromatic rings. The number of hydrogen-bond acceptors (Lipinski definition) is 2. The van der Waals surface area contributed by atoms with Gasteiger partial charge in [-0.15, -0.1) is 0 Å². The second-order valence-electron chi connectivity index (χ2n) is 3.14. The molecule has 1 atom stereocenters. The van der Waals surface area contributed by atoms with E-state index in [0.29, 0.717) is 0 Å². The van der Waals surface area contributed by atoms with Crippen molar-refractivity contribution in [2.24, 2.45) is 0 Å². The molecule has 1 rings (SSSR count). The quantitative estimate of drug-likeness (QED) is 0.800. The molecule has 3 nitrogen and oxygen atoms in total. The van der Waals surface area contributed by atoms with Gasteiger partial charge >= 0.3 is 5.97 Å². The molecule has 0 aromatic heterocycles. The minimum Gasteiger partial charge on any atom is -0.480 e.